The number of thiophene rings is 1. The summed E-state index contributed by atoms with van der Waals surface area (Å²) in [5.74, 6) is -0.0969. The normalized spacial score (nSPS) is 10.4. The third-order valence-electron chi connectivity index (χ3n) is 2.96. The minimum absolute atomic E-state index is 0.0306. The molecular weight excluding hydrogens is 356 g/mol. The number of rotatable bonds is 4. The minimum Gasteiger partial charge on any atom is -0.337 e. The maximum atomic E-state index is 12.3. The molecule has 1 aromatic carbocycles. The van der Waals surface area contributed by atoms with Gasteiger partial charge in [0.1, 0.15) is 0 Å². The van der Waals surface area contributed by atoms with Crippen LogP contribution in [0.1, 0.15) is 20.8 Å². The van der Waals surface area contributed by atoms with E-state index < -0.39 is 4.92 Å². The summed E-state index contributed by atoms with van der Waals surface area (Å²) in [7, 11) is 1.68. The Bertz CT molecular complexity index is 680. The van der Waals surface area contributed by atoms with Gasteiger partial charge in [-0.2, -0.15) is 0 Å². The van der Waals surface area contributed by atoms with Crippen molar-refractivity contribution in [1.82, 2.24) is 4.90 Å². The number of non-ortho nitro benzene ring substituents is 1. The van der Waals surface area contributed by atoms with Crippen LogP contribution >= 0.6 is 27.3 Å². The maximum absolute atomic E-state index is 12.3. The van der Waals surface area contributed by atoms with Gasteiger partial charge in [-0.05, 0) is 40.0 Å². The first-order chi connectivity index (χ1) is 9.88. The molecule has 0 unspecified atom stereocenters. The predicted octanol–water partition coefficient (Wildman–Crippen LogP) is 4.00. The Kier molecular flexibility index (Phi) is 4.74. The molecule has 0 bridgehead atoms. The van der Waals surface area contributed by atoms with Crippen LogP contribution in [-0.4, -0.2) is 22.8 Å². The predicted molar refractivity (Wildman–Crippen MR) is 85.6 cm³/mol. The van der Waals surface area contributed by atoms with Crippen LogP contribution in [0.25, 0.3) is 0 Å². The topological polar surface area (TPSA) is 63.5 Å². The van der Waals surface area contributed by atoms with Gasteiger partial charge in [-0.15, -0.1) is 11.3 Å². The van der Waals surface area contributed by atoms with Crippen LogP contribution in [0.5, 0.6) is 0 Å². The number of nitro groups is 1. The van der Waals surface area contributed by atoms with Gasteiger partial charge in [0.15, 0.2) is 0 Å². The highest BCUT2D eigenvalue weighted by Gasteiger charge is 2.16. The molecule has 0 spiro atoms. The largest absolute Gasteiger partial charge is 0.337 e. The SMILES string of the molecule is Cc1cc(C(=O)N(C)Cc2cccc([N+](=O)[O-])c2)sc1Br. The zero-order valence-corrected chi connectivity index (χ0v) is 13.9. The third-order valence-corrected chi connectivity index (χ3v) is 5.08. The molecule has 0 fully saturated rings. The van der Waals surface area contributed by atoms with Crippen LogP contribution in [0.4, 0.5) is 5.69 Å². The number of benzene rings is 1. The van der Waals surface area contributed by atoms with Crippen molar-refractivity contribution in [2.45, 2.75) is 13.5 Å². The molecule has 0 saturated heterocycles. The first kappa shape index (κ1) is 15.7. The zero-order chi connectivity index (χ0) is 15.6. The number of amides is 1. The molecule has 0 aliphatic rings. The third kappa shape index (κ3) is 3.68. The molecule has 110 valence electrons. The standard InChI is InChI=1S/C14H13BrN2O3S/c1-9-6-12(21-13(9)15)14(18)16(2)8-10-4-3-5-11(7-10)17(19)20/h3-7H,8H2,1-2H3. The fraction of sp³-hybridized carbons (Fsp3) is 0.214. The Morgan fingerprint density at radius 1 is 1.43 bits per heavy atom. The highest BCUT2D eigenvalue weighted by molar-refractivity contribution is 9.11. The first-order valence-corrected chi connectivity index (χ1v) is 7.74. The number of hydrogen-bond donors (Lipinski definition) is 0. The average molecular weight is 369 g/mol. The van der Waals surface area contributed by atoms with Crippen molar-refractivity contribution in [3.8, 4) is 0 Å². The Morgan fingerprint density at radius 3 is 2.71 bits per heavy atom. The number of carbonyl (C=O) groups is 1. The quantitative estimate of drug-likeness (QED) is 0.605. The van der Waals surface area contributed by atoms with E-state index in [1.807, 2.05) is 13.0 Å². The molecule has 5 nitrogen and oxygen atoms in total. The van der Waals surface area contributed by atoms with Crippen molar-refractivity contribution in [3.63, 3.8) is 0 Å². The number of carbonyl (C=O) groups excluding carboxylic acids is 1. The summed E-state index contributed by atoms with van der Waals surface area (Å²) in [5, 5.41) is 10.8. The fourth-order valence-corrected chi connectivity index (χ4v) is 3.40. The summed E-state index contributed by atoms with van der Waals surface area (Å²) in [5.41, 5.74) is 1.78. The summed E-state index contributed by atoms with van der Waals surface area (Å²) < 4.78 is 0.939. The van der Waals surface area contributed by atoms with Gasteiger partial charge in [0.25, 0.3) is 11.6 Å². The van der Waals surface area contributed by atoms with Gasteiger partial charge in [0.2, 0.25) is 0 Å². The Hall–Kier alpha value is -1.73. The summed E-state index contributed by atoms with van der Waals surface area (Å²) >= 11 is 4.79. The van der Waals surface area contributed by atoms with Crippen LogP contribution < -0.4 is 0 Å². The Balaban J connectivity index is 2.14. The number of nitrogens with zero attached hydrogens (tertiary/aromatic N) is 2. The first-order valence-electron chi connectivity index (χ1n) is 6.13. The van der Waals surface area contributed by atoms with Crippen LogP contribution in [0.15, 0.2) is 34.1 Å². The second kappa shape index (κ2) is 6.36. The van der Waals surface area contributed by atoms with Crippen molar-refractivity contribution in [3.05, 3.63) is 60.2 Å². The summed E-state index contributed by atoms with van der Waals surface area (Å²) in [6, 6.07) is 8.15. The summed E-state index contributed by atoms with van der Waals surface area (Å²) in [6.45, 7) is 2.26. The molecule has 0 aliphatic carbocycles. The van der Waals surface area contributed by atoms with E-state index in [1.165, 1.54) is 23.5 Å². The van der Waals surface area contributed by atoms with E-state index in [1.54, 1.807) is 24.1 Å². The van der Waals surface area contributed by atoms with Gasteiger partial charge in [-0.1, -0.05) is 12.1 Å². The lowest BCUT2D eigenvalue weighted by atomic mass is 10.2. The van der Waals surface area contributed by atoms with Crippen LogP contribution in [0.3, 0.4) is 0 Å². The fourth-order valence-electron chi connectivity index (χ4n) is 1.87. The van der Waals surface area contributed by atoms with Crippen molar-refractivity contribution >= 4 is 38.9 Å². The van der Waals surface area contributed by atoms with Gasteiger partial charge < -0.3 is 4.90 Å². The average Bonchev–Trinajstić information content (AvgIpc) is 2.78. The molecule has 0 N–H and O–H groups in total. The molecule has 21 heavy (non-hydrogen) atoms. The molecule has 1 aromatic heterocycles. The van der Waals surface area contributed by atoms with Crippen molar-refractivity contribution in [1.29, 1.82) is 0 Å². The molecular formula is C14H13BrN2O3S. The van der Waals surface area contributed by atoms with Crippen LogP contribution in [-0.2, 0) is 6.54 Å². The number of aryl methyl sites for hydroxylation is 1. The molecule has 2 rings (SSSR count). The van der Waals surface area contributed by atoms with Crippen LogP contribution in [0.2, 0.25) is 0 Å². The summed E-state index contributed by atoms with van der Waals surface area (Å²) in [6.07, 6.45) is 0. The summed E-state index contributed by atoms with van der Waals surface area (Å²) in [4.78, 5) is 24.8. The van der Waals surface area contributed by atoms with E-state index in [4.69, 9.17) is 0 Å². The van der Waals surface area contributed by atoms with Gasteiger partial charge in [0, 0.05) is 25.7 Å². The second-order valence-electron chi connectivity index (χ2n) is 4.66. The monoisotopic (exact) mass is 368 g/mol. The van der Waals surface area contributed by atoms with E-state index in [0.29, 0.717) is 11.4 Å². The van der Waals surface area contributed by atoms with Gasteiger partial charge in [0.05, 0.1) is 13.6 Å². The van der Waals surface area contributed by atoms with E-state index >= 15 is 0 Å². The molecule has 1 heterocycles. The molecule has 7 heteroatoms. The smallest absolute Gasteiger partial charge is 0.269 e. The molecule has 2 aromatic rings. The van der Waals surface area contributed by atoms with Crippen molar-refractivity contribution in [2.24, 2.45) is 0 Å². The number of nitro benzene ring substituents is 1. The van der Waals surface area contributed by atoms with Crippen molar-refractivity contribution in [2.75, 3.05) is 7.05 Å². The minimum atomic E-state index is -0.439. The van der Waals surface area contributed by atoms with E-state index in [0.717, 1.165) is 14.9 Å². The van der Waals surface area contributed by atoms with Crippen molar-refractivity contribution < 1.29 is 9.72 Å². The Labute approximate surface area is 134 Å². The van der Waals surface area contributed by atoms with Gasteiger partial charge >= 0.3 is 0 Å². The molecule has 0 aliphatic heterocycles. The lowest BCUT2D eigenvalue weighted by molar-refractivity contribution is -0.384. The lowest BCUT2D eigenvalue weighted by Crippen LogP contribution is -2.25. The van der Waals surface area contributed by atoms with E-state index in [-0.39, 0.29) is 11.6 Å². The van der Waals surface area contributed by atoms with E-state index in [2.05, 4.69) is 15.9 Å². The maximum Gasteiger partial charge on any atom is 0.269 e. The highest BCUT2D eigenvalue weighted by Crippen LogP contribution is 2.28. The highest BCUT2D eigenvalue weighted by atomic mass is 79.9. The molecule has 0 atom stereocenters. The van der Waals surface area contributed by atoms with Crippen LogP contribution in [0, 0.1) is 17.0 Å². The Morgan fingerprint density at radius 2 is 2.14 bits per heavy atom. The number of halogens is 1. The molecule has 0 saturated carbocycles. The molecule has 1 amide bonds. The zero-order valence-electron chi connectivity index (χ0n) is 11.5. The lowest BCUT2D eigenvalue weighted by Gasteiger charge is -2.16. The van der Waals surface area contributed by atoms with Gasteiger partial charge in [-0.25, -0.2) is 0 Å². The van der Waals surface area contributed by atoms with Gasteiger partial charge in [-0.3, -0.25) is 14.9 Å². The second-order valence-corrected chi connectivity index (χ2v) is 7.03. The van der Waals surface area contributed by atoms with E-state index in [9.17, 15) is 14.9 Å². The molecule has 0 radical (unpaired) electrons. The number of hydrogen-bond acceptors (Lipinski definition) is 4.